The van der Waals surface area contributed by atoms with Crippen molar-refractivity contribution < 1.29 is 19.1 Å². The summed E-state index contributed by atoms with van der Waals surface area (Å²) < 4.78 is 6.04. The van der Waals surface area contributed by atoms with Crippen LogP contribution >= 0.6 is 15.9 Å². The Morgan fingerprint density at radius 1 is 1.08 bits per heavy atom. The van der Waals surface area contributed by atoms with Crippen LogP contribution < -0.4 is 5.32 Å². The van der Waals surface area contributed by atoms with Gasteiger partial charge in [0.2, 0.25) is 0 Å². The Hall–Kier alpha value is -2.73. The van der Waals surface area contributed by atoms with Gasteiger partial charge in [0.15, 0.2) is 11.9 Å². The lowest BCUT2D eigenvalue weighted by molar-refractivity contribution is -0.148. The van der Waals surface area contributed by atoms with E-state index in [0.717, 1.165) is 10.0 Å². The molecule has 0 aliphatic rings. The highest BCUT2D eigenvalue weighted by Crippen LogP contribution is 2.16. The molecule has 0 radical (unpaired) electrons. The number of carbonyl (C=O) groups is 3. The van der Waals surface area contributed by atoms with Gasteiger partial charge in [-0.25, -0.2) is 4.79 Å². The van der Waals surface area contributed by atoms with Gasteiger partial charge in [0.05, 0.1) is 5.69 Å². The molecule has 0 aromatic heterocycles. The standard InChI is InChI=1S/C20H18BrNO4/c1-13(23)17-5-3-4-6-18(17)22-20(25)14(2)26-19(24)12-9-15-7-10-16(21)11-8-15/h3-12,14H,1-2H3,(H,22,25)/b12-9+/t14-/m1/s1. The maximum atomic E-state index is 12.2. The van der Waals surface area contributed by atoms with E-state index in [1.165, 1.54) is 19.9 Å². The van der Waals surface area contributed by atoms with Crippen molar-refractivity contribution in [2.45, 2.75) is 20.0 Å². The summed E-state index contributed by atoms with van der Waals surface area (Å²) in [6.45, 7) is 2.89. The van der Waals surface area contributed by atoms with Crippen LogP contribution in [0.2, 0.25) is 0 Å². The third kappa shape index (κ3) is 5.67. The first-order valence-corrected chi connectivity index (χ1v) is 8.71. The second kappa shape index (κ2) is 9.10. The zero-order valence-electron chi connectivity index (χ0n) is 14.4. The van der Waals surface area contributed by atoms with E-state index in [2.05, 4.69) is 21.2 Å². The van der Waals surface area contributed by atoms with Gasteiger partial charge in [-0.2, -0.15) is 0 Å². The minimum absolute atomic E-state index is 0.164. The Morgan fingerprint density at radius 3 is 2.38 bits per heavy atom. The van der Waals surface area contributed by atoms with Crippen molar-refractivity contribution in [1.82, 2.24) is 0 Å². The average Bonchev–Trinajstić information content (AvgIpc) is 2.61. The summed E-state index contributed by atoms with van der Waals surface area (Å²) in [5.41, 5.74) is 1.62. The molecule has 0 aliphatic carbocycles. The lowest BCUT2D eigenvalue weighted by Crippen LogP contribution is -2.30. The number of carbonyl (C=O) groups excluding carboxylic acids is 3. The molecule has 2 aromatic rings. The molecule has 0 bridgehead atoms. The molecule has 2 aromatic carbocycles. The summed E-state index contributed by atoms with van der Waals surface area (Å²) in [5, 5.41) is 2.61. The van der Waals surface area contributed by atoms with Crippen molar-refractivity contribution in [1.29, 1.82) is 0 Å². The molecule has 0 heterocycles. The molecule has 1 N–H and O–H groups in total. The molecule has 1 atom stereocenters. The molecule has 26 heavy (non-hydrogen) atoms. The number of ketones is 1. The first-order chi connectivity index (χ1) is 12.4. The van der Waals surface area contributed by atoms with Gasteiger partial charge < -0.3 is 10.1 Å². The number of esters is 1. The molecule has 134 valence electrons. The maximum absolute atomic E-state index is 12.2. The maximum Gasteiger partial charge on any atom is 0.331 e. The van der Waals surface area contributed by atoms with E-state index in [1.807, 2.05) is 24.3 Å². The molecule has 0 saturated carbocycles. The zero-order chi connectivity index (χ0) is 19.1. The van der Waals surface area contributed by atoms with Crippen LogP contribution in [0.15, 0.2) is 59.1 Å². The number of Topliss-reactive ketones (excluding diaryl/α,β-unsaturated/α-hetero) is 1. The number of hydrogen-bond donors (Lipinski definition) is 1. The summed E-state index contributed by atoms with van der Waals surface area (Å²) in [6, 6.07) is 14.0. The molecule has 1 amide bonds. The van der Waals surface area contributed by atoms with Gasteiger partial charge >= 0.3 is 5.97 Å². The first-order valence-electron chi connectivity index (χ1n) is 7.92. The van der Waals surface area contributed by atoms with Gasteiger partial charge in [-0.15, -0.1) is 0 Å². The summed E-state index contributed by atoms with van der Waals surface area (Å²) >= 11 is 3.33. The highest BCUT2D eigenvalue weighted by atomic mass is 79.9. The topological polar surface area (TPSA) is 72.5 Å². The summed E-state index contributed by atoms with van der Waals surface area (Å²) in [6.07, 6.45) is 1.86. The summed E-state index contributed by atoms with van der Waals surface area (Å²) in [4.78, 5) is 35.7. The van der Waals surface area contributed by atoms with Crippen LogP contribution in [0, 0.1) is 0 Å². The smallest absolute Gasteiger partial charge is 0.331 e. The van der Waals surface area contributed by atoms with Crippen molar-refractivity contribution in [3.05, 3.63) is 70.2 Å². The van der Waals surface area contributed by atoms with Crippen molar-refractivity contribution >= 4 is 45.4 Å². The molecular formula is C20H18BrNO4. The van der Waals surface area contributed by atoms with Gasteiger partial charge in [0.1, 0.15) is 0 Å². The molecule has 0 aliphatic heterocycles. The van der Waals surface area contributed by atoms with Crippen molar-refractivity contribution in [2.24, 2.45) is 0 Å². The molecular weight excluding hydrogens is 398 g/mol. The van der Waals surface area contributed by atoms with E-state index in [4.69, 9.17) is 4.74 Å². The molecule has 2 rings (SSSR count). The number of hydrogen-bond acceptors (Lipinski definition) is 4. The molecule has 0 spiro atoms. The highest BCUT2D eigenvalue weighted by molar-refractivity contribution is 9.10. The lowest BCUT2D eigenvalue weighted by atomic mass is 10.1. The largest absolute Gasteiger partial charge is 0.449 e. The Bertz CT molecular complexity index is 843. The van der Waals surface area contributed by atoms with E-state index in [-0.39, 0.29) is 5.78 Å². The number of benzene rings is 2. The minimum atomic E-state index is -1.00. The van der Waals surface area contributed by atoms with Crippen LogP contribution in [0.3, 0.4) is 0 Å². The third-order valence-corrected chi connectivity index (χ3v) is 4.04. The summed E-state index contributed by atoms with van der Waals surface area (Å²) in [7, 11) is 0. The Labute approximate surface area is 160 Å². The van der Waals surface area contributed by atoms with Crippen molar-refractivity contribution in [2.75, 3.05) is 5.32 Å². The van der Waals surface area contributed by atoms with Crippen LogP contribution in [0.4, 0.5) is 5.69 Å². The monoisotopic (exact) mass is 415 g/mol. The predicted octanol–water partition coefficient (Wildman–Crippen LogP) is 4.24. The van der Waals surface area contributed by atoms with Gasteiger partial charge in [-0.1, -0.05) is 40.2 Å². The van der Waals surface area contributed by atoms with Crippen LogP contribution in [0.5, 0.6) is 0 Å². The van der Waals surface area contributed by atoms with E-state index < -0.39 is 18.0 Å². The second-order valence-electron chi connectivity index (χ2n) is 5.56. The van der Waals surface area contributed by atoms with Gasteiger partial charge in [-0.05, 0) is 49.8 Å². The number of amides is 1. The molecule has 5 nitrogen and oxygen atoms in total. The third-order valence-electron chi connectivity index (χ3n) is 3.51. The fraction of sp³-hybridized carbons (Fsp3) is 0.150. The van der Waals surface area contributed by atoms with E-state index in [0.29, 0.717) is 11.3 Å². The van der Waals surface area contributed by atoms with E-state index >= 15 is 0 Å². The number of rotatable bonds is 6. The van der Waals surface area contributed by atoms with Gasteiger partial charge in [0.25, 0.3) is 5.91 Å². The Kier molecular flexibility index (Phi) is 6.86. The number of nitrogens with one attached hydrogen (secondary N) is 1. The molecule has 0 unspecified atom stereocenters. The number of halogens is 1. The van der Waals surface area contributed by atoms with Crippen molar-refractivity contribution in [3.8, 4) is 0 Å². The van der Waals surface area contributed by atoms with Crippen LogP contribution in [0.25, 0.3) is 6.08 Å². The number of ether oxygens (including phenoxy) is 1. The van der Waals surface area contributed by atoms with Crippen LogP contribution in [-0.4, -0.2) is 23.8 Å². The van der Waals surface area contributed by atoms with Gasteiger partial charge in [0, 0.05) is 16.1 Å². The minimum Gasteiger partial charge on any atom is -0.449 e. The highest BCUT2D eigenvalue weighted by Gasteiger charge is 2.18. The predicted molar refractivity (Wildman–Crippen MR) is 104 cm³/mol. The van der Waals surface area contributed by atoms with E-state index in [9.17, 15) is 14.4 Å². The van der Waals surface area contributed by atoms with E-state index in [1.54, 1.807) is 30.3 Å². The average molecular weight is 416 g/mol. The Morgan fingerprint density at radius 2 is 1.73 bits per heavy atom. The quantitative estimate of drug-likeness (QED) is 0.435. The fourth-order valence-corrected chi connectivity index (χ4v) is 2.40. The second-order valence-corrected chi connectivity index (χ2v) is 6.47. The van der Waals surface area contributed by atoms with Crippen molar-refractivity contribution in [3.63, 3.8) is 0 Å². The number of para-hydroxylation sites is 1. The Balaban J connectivity index is 1.95. The van der Waals surface area contributed by atoms with Crippen LogP contribution in [-0.2, 0) is 14.3 Å². The SMILES string of the molecule is CC(=O)c1ccccc1NC(=O)[C@@H](C)OC(=O)/C=C/c1ccc(Br)cc1. The lowest BCUT2D eigenvalue weighted by Gasteiger charge is -2.14. The number of anilines is 1. The fourth-order valence-electron chi connectivity index (χ4n) is 2.14. The molecule has 0 saturated heterocycles. The molecule has 6 heteroatoms. The molecule has 0 fully saturated rings. The first kappa shape index (κ1) is 19.6. The summed E-state index contributed by atoms with van der Waals surface area (Å²) in [5.74, 6) is -1.30. The van der Waals surface area contributed by atoms with Crippen LogP contribution in [0.1, 0.15) is 29.8 Å². The zero-order valence-corrected chi connectivity index (χ0v) is 15.9. The normalized spacial score (nSPS) is 11.8. The van der Waals surface area contributed by atoms with Gasteiger partial charge in [-0.3, -0.25) is 9.59 Å².